The third kappa shape index (κ3) is 5.31. The maximum absolute atomic E-state index is 12.7. The lowest BCUT2D eigenvalue weighted by Crippen LogP contribution is -2.34. The van der Waals surface area contributed by atoms with Gasteiger partial charge in [0.15, 0.2) is 11.5 Å². The zero-order valence-electron chi connectivity index (χ0n) is 17.3. The summed E-state index contributed by atoms with van der Waals surface area (Å²) in [7, 11) is 4.70. The Hall–Kier alpha value is -2.96. The molecular weight excluding hydrogens is 370 g/mol. The first kappa shape index (κ1) is 20.8. The second kappa shape index (κ2) is 10.0. The Balaban J connectivity index is 1.75. The summed E-state index contributed by atoms with van der Waals surface area (Å²) < 4.78 is 16.1. The molecule has 1 heterocycles. The predicted octanol–water partition coefficient (Wildman–Crippen LogP) is 4.30. The number of rotatable bonds is 7. The van der Waals surface area contributed by atoms with E-state index in [9.17, 15) is 4.79 Å². The molecule has 1 aromatic carbocycles. The standard InChI is InChI=1S/C22H29N3O4/c1-27-19-11-17(12-20(28-2)21(19)29-3)24-18-10-15(13-23-14-18)22(26)25-16-8-6-4-5-7-9-16/h10-14,16,24H,4-9H2,1-3H3,(H,25,26). The molecule has 0 radical (unpaired) electrons. The van der Waals surface area contributed by atoms with Crippen molar-refractivity contribution in [3.8, 4) is 17.2 Å². The van der Waals surface area contributed by atoms with Gasteiger partial charge in [-0.25, -0.2) is 0 Å². The number of amides is 1. The smallest absolute Gasteiger partial charge is 0.253 e. The minimum Gasteiger partial charge on any atom is -0.493 e. The summed E-state index contributed by atoms with van der Waals surface area (Å²) in [6, 6.07) is 5.65. The van der Waals surface area contributed by atoms with Crippen LogP contribution in [0.15, 0.2) is 30.6 Å². The molecule has 1 amide bonds. The van der Waals surface area contributed by atoms with Gasteiger partial charge in [0.1, 0.15) is 0 Å². The zero-order valence-corrected chi connectivity index (χ0v) is 17.3. The highest BCUT2D eigenvalue weighted by atomic mass is 16.5. The predicted molar refractivity (Wildman–Crippen MR) is 113 cm³/mol. The molecule has 3 rings (SSSR count). The molecule has 1 fully saturated rings. The number of methoxy groups -OCH3 is 3. The number of nitrogens with zero attached hydrogens (tertiary/aromatic N) is 1. The van der Waals surface area contributed by atoms with Crippen LogP contribution in [0.25, 0.3) is 0 Å². The highest BCUT2D eigenvalue weighted by molar-refractivity contribution is 5.95. The summed E-state index contributed by atoms with van der Waals surface area (Å²) >= 11 is 0. The summed E-state index contributed by atoms with van der Waals surface area (Å²) in [5.74, 6) is 1.53. The van der Waals surface area contributed by atoms with E-state index in [4.69, 9.17) is 14.2 Å². The molecule has 0 atom stereocenters. The molecule has 1 aromatic heterocycles. The van der Waals surface area contributed by atoms with Gasteiger partial charge in [-0.1, -0.05) is 25.7 Å². The lowest BCUT2D eigenvalue weighted by molar-refractivity contribution is 0.0933. The lowest BCUT2D eigenvalue weighted by atomic mass is 10.1. The van der Waals surface area contributed by atoms with Gasteiger partial charge in [-0.3, -0.25) is 9.78 Å². The molecule has 156 valence electrons. The van der Waals surface area contributed by atoms with Crippen LogP contribution in [-0.2, 0) is 0 Å². The van der Waals surface area contributed by atoms with E-state index in [1.165, 1.54) is 25.7 Å². The van der Waals surface area contributed by atoms with Crippen molar-refractivity contribution >= 4 is 17.3 Å². The van der Waals surface area contributed by atoms with Crippen molar-refractivity contribution in [2.24, 2.45) is 0 Å². The monoisotopic (exact) mass is 399 g/mol. The van der Waals surface area contributed by atoms with E-state index in [2.05, 4.69) is 15.6 Å². The Bertz CT molecular complexity index is 808. The van der Waals surface area contributed by atoms with Gasteiger partial charge < -0.3 is 24.8 Å². The molecule has 2 N–H and O–H groups in total. The third-order valence-corrected chi connectivity index (χ3v) is 5.14. The number of carbonyl (C=O) groups excluding carboxylic acids is 1. The average Bonchev–Trinajstić information content (AvgIpc) is 3.01. The first-order valence-electron chi connectivity index (χ1n) is 9.97. The van der Waals surface area contributed by atoms with Crippen molar-refractivity contribution in [2.45, 2.75) is 44.6 Å². The van der Waals surface area contributed by atoms with Crippen LogP contribution in [0.4, 0.5) is 11.4 Å². The number of ether oxygens (including phenoxy) is 3. The molecule has 0 saturated heterocycles. The fourth-order valence-electron chi connectivity index (χ4n) is 3.64. The summed E-state index contributed by atoms with van der Waals surface area (Å²) in [5.41, 5.74) is 1.97. The van der Waals surface area contributed by atoms with Crippen LogP contribution in [0, 0.1) is 0 Å². The summed E-state index contributed by atoms with van der Waals surface area (Å²) in [4.78, 5) is 16.9. The van der Waals surface area contributed by atoms with E-state index in [0.717, 1.165) is 18.5 Å². The number of aromatic nitrogens is 1. The SMILES string of the molecule is COc1cc(Nc2cncc(C(=O)NC3CCCCCC3)c2)cc(OC)c1OC. The number of benzene rings is 1. The van der Waals surface area contributed by atoms with Crippen LogP contribution in [-0.4, -0.2) is 38.3 Å². The first-order chi connectivity index (χ1) is 14.1. The zero-order chi connectivity index (χ0) is 20.6. The minimum atomic E-state index is -0.0852. The first-order valence-corrected chi connectivity index (χ1v) is 9.97. The summed E-state index contributed by atoms with van der Waals surface area (Å²) in [6.45, 7) is 0. The van der Waals surface area contributed by atoms with Crippen molar-refractivity contribution in [1.29, 1.82) is 0 Å². The Morgan fingerprint density at radius 1 is 0.897 bits per heavy atom. The molecular formula is C22H29N3O4. The molecule has 7 heteroatoms. The second-order valence-corrected chi connectivity index (χ2v) is 7.16. The van der Waals surface area contributed by atoms with Crippen LogP contribution < -0.4 is 24.8 Å². The molecule has 1 aliphatic carbocycles. The lowest BCUT2D eigenvalue weighted by Gasteiger charge is -2.17. The van der Waals surface area contributed by atoms with Gasteiger partial charge >= 0.3 is 0 Å². The van der Waals surface area contributed by atoms with E-state index in [1.807, 2.05) is 0 Å². The maximum Gasteiger partial charge on any atom is 0.253 e. The van der Waals surface area contributed by atoms with Gasteiger partial charge in [-0.2, -0.15) is 0 Å². The number of nitrogens with one attached hydrogen (secondary N) is 2. The molecule has 0 aliphatic heterocycles. The molecule has 1 saturated carbocycles. The molecule has 29 heavy (non-hydrogen) atoms. The fourth-order valence-corrected chi connectivity index (χ4v) is 3.64. The molecule has 0 spiro atoms. The number of anilines is 2. The van der Waals surface area contributed by atoms with Crippen LogP contribution in [0.1, 0.15) is 48.9 Å². The van der Waals surface area contributed by atoms with E-state index >= 15 is 0 Å². The Labute approximate surface area is 171 Å². The molecule has 0 bridgehead atoms. The topological polar surface area (TPSA) is 81.7 Å². The number of hydrogen-bond donors (Lipinski definition) is 2. The number of pyridine rings is 1. The van der Waals surface area contributed by atoms with Crippen molar-refractivity contribution in [1.82, 2.24) is 10.3 Å². The Morgan fingerprint density at radius 2 is 1.55 bits per heavy atom. The van der Waals surface area contributed by atoms with Gasteiger partial charge in [-0.05, 0) is 18.9 Å². The highest BCUT2D eigenvalue weighted by Crippen LogP contribution is 2.40. The fraction of sp³-hybridized carbons (Fsp3) is 0.455. The molecule has 7 nitrogen and oxygen atoms in total. The molecule has 1 aliphatic rings. The van der Waals surface area contributed by atoms with Crippen LogP contribution >= 0.6 is 0 Å². The normalized spacial score (nSPS) is 14.6. The van der Waals surface area contributed by atoms with Gasteiger partial charge in [0.2, 0.25) is 5.75 Å². The molecule has 2 aromatic rings. The molecule has 0 unspecified atom stereocenters. The average molecular weight is 399 g/mol. The van der Waals surface area contributed by atoms with Crippen molar-refractivity contribution in [3.63, 3.8) is 0 Å². The van der Waals surface area contributed by atoms with Crippen LogP contribution in [0.3, 0.4) is 0 Å². The largest absolute Gasteiger partial charge is 0.493 e. The maximum atomic E-state index is 12.7. The number of carbonyl (C=O) groups is 1. The van der Waals surface area contributed by atoms with E-state index in [0.29, 0.717) is 28.5 Å². The summed E-state index contributed by atoms with van der Waals surface area (Å²) in [6.07, 6.45) is 10.2. The van der Waals surface area contributed by atoms with E-state index in [-0.39, 0.29) is 11.9 Å². The highest BCUT2D eigenvalue weighted by Gasteiger charge is 2.17. The summed E-state index contributed by atoms with van der Waals surface area (Å²) in [5, 5.41) is 6.41. The van der Waals surface area contributed by atoms with Crippen molar-refractivity contribution in [2.75, 3.05) is 26.6 Å². The third-order valence-electron chi connectivity index (χ3n) is 5.14. The van der Waals surface area contributed by atoms with Gasteiger partial charge in [-0.15, -0.1) is 0 Å². The van der Waals surface area contributed by atoms with Crippen LogP contribution in [0.5, 0.6) is 17.2 Å². The van der Waals surface area contributed by atoms with Gasteiger partial charge in [0.25, 0.3) is 5.91 Å². The van der Waals surface area contributed by atoms with Crippen LogP contribution in [0.2, 0.25) is 0 Å². The van der Waals surface area contributed by atoms with Gasteiger partial charge in [0.05, 0.1) is 38.8 Å². The number of hydrogen-bond acceptors (Lipinski definition) is 6. The Kier molecular flexibility index (Phi) is 7.16. The van der Waals surface area contributed by atoms with Crippen molar-refractivity contribution < 1.29 is 19.0 Å². The van der Waals surface area contributed by atoms with Gasteiger partial charge in [0, 0.05) is 30.1 Å². The minimum absolute atomic E-state index is 0.0852. The van der Waals surface area contributed by atoms with Crippen molar-refractivity contribution in [3.05, 3.63) is 36.2 Å². The second-order valence-electron chi connectivity index (χ2n) is 7.16. The van der Waals surface area contributed by atoms with E-state index in [1.54, 1.807) is 51.9 Å². The quantitative estimate of drug-likeness (QED) is 0.676. The van der Waals surface area contributed by atoms with E-state index < -0.39 is 0 Å². The Morgan fingerprint density at radius 3 is 2.14 bits per heavy atom.